The van der Waals surface area contributed by atoms with Gasteiger partial charge in [-0.1, -0.05) is 11.6 Å². The maximum atomic E-state index is 9.83. The van der Waals surface area contributed by atoms with E-state index in [1.54, 1.807) is 24.7 Å². The summed E-state index contributed by atoms with van der Waals surface area (Å²) in [5.41, 5.74) is 2.00. The fourth-order valence-corrected chi connectivity index (χ4v) is 1.85. The first-order chi connectivity index (χ1) is 9.65. The van der Waals surface area contributed by atoms with Crippen LogP contribution in [0.1, 0.15) is 11.1 Å². The molecule has 0 aliphatic heterocycles. The Morgan fingerprint density at radius 1 is 1.40 bits per heavy atom. The van der Waals surface area contributed by atoms with E-state index in [1.807, 2.05) is 19.1 Å². The molecule has 5 heteroatoms. The third-order valence-electron chi connectivity index (χ3n) is 2.86. The Balaban J connectivity index is 1.69. The number of furan rings is 1. The van der Waals surface area contributed by atoms with Crippen molar-refractivity contribution in [2.75, 3.05) is 13.2 Å². The first-order valence-electron chi connectivity index (χ1n) is 6.44. The summed E-state index contributed by atoms with van der Waals surface area (Å²) < 4.78 is 10.5. The van der Waals surface area contributed by atoms with Crippen LogP contribution in [0.3, 0.4) is 0 Å². The van der Waals surface area contributed by atoms with Gasteiger partial charge in [-0.3, -0.25) is 0 Å². The van der Waals surface area contributed by atoms with E-state index >= 15 is 0 Å². The lowest BCUT2D eigenvalue weighted by Crippen LogP contribution is -2.31. The van der Waals surface area contributed by atoms with E-state index in [2.05, 4.69) is 5.32 Å². The highest BCUT2D eigenvalue weighted by Gasteiger charge is 2.06. The second-order valence-corrected chi connectivity index (χ2v) is 5.05. The third kappa shape index (κ3) is 4.56. The summed E-state index contributed by atoms with van der Waals surface area (Å²) in [6.45, 7) is 3.27. The number of aliphatic hydroxyl groups excluding tert-OH is 1. The van der Waals surface area contributed by atoms with Crippen molar-refractivity contribution in [3.8, 4) is 5.75 Å². The predicted octanol–water partition coefficient (Wildman–Crippen LogP) is 2.77. The lowest BCUT2D eigenvalue weighted by Gasteiger charge is -2.13. The predicted molar refractivity (Wildman–Crippen MR) is 78.1 cm³/mol. The van der Waals surface area contributed by atoms with Crippen molar-refractivity contribution in [3.63, 3.8) is 0 Å². The Bertz CT molecular complexity index is 528. The number of ether oxygens (including phenoxy) is 1. The molecule has 1 aromatic heterocycles. The largest absolute Gasteiger partial charge is 0.491 e. The molecule has 0 radical (unpaired) electrons. The Labute approximate surface area is 123 Å². The topological polar surface area (TPSA) is 54.6 Å². The minimum absolute atomic E-state index is 0.236. The highest BCUT2D eigenvalue weighted by molar-refractivity contribution is 6.31. The summed E-state index contributed by atoms with van der Waals surface area (Å²) in [4.78, 5) is 0. The maximum Gasteiger partial charge on any atom is 0.119 e. The van der Waals surface area contributed by atoms with Crippen molar-refractivity contribution in [2.45, 2.75) is 19.6 Å². The minimum atomic E-state index is -0.571. The molecule has 2 aromatic rings. The van der Waals surface area contributed by atoms with Crippen LogP contribution in [-0.4, -0.2) is 24.4 Å². The molecular weight excluding hydrogens is 278 g/mol. The molecule has 0 saturated carbocycles. The van der Waals surface area contributed by atoms with Crippen LogP contribution in [0, 0.1) is 6.92 Å². The standard InChI is InChI=1S/C15H18ClNO3/c1-11-6-14(2-3-15(11)16)20-10-13(18)8-17-7-12-4-5-19-9-12/h2-6,9,13,17-18H,7-8,10H2,1H3. The summed E-state index contributed by atoms with van der Waals surface area (Å²) in [7, 11) is 0. The summed E-state index contributed by atoms with van der Waals surface area (Å²) >= 11 is 5.94. The highest BCUT2D eigenvalue weighted by atomic mass is 35.5. The average molecular weight is 296 g/mol. The van der Waals surface area contributed by atoms with Gasteiger partial charge in [0.1, 0.15) is 18.5 Å². The third-order valence-corrected chi connectivity index (χ3v) is 3.29. The molecular formula is C15H18ClNO3. The molecule has 1 heterocycles. The fraction of sp³-hybridized carbons (Fsp3) is 0.333. The lowest BCUT2D eigenvalue weighted by molar-refractivity contribution is 0.106. The smallest absolute Gasteiger partial charge is 0.119 e. The summed E-state index contributed by atoms with van der Waals surface area (Å²) in [6, 6.07) is 7.32. The molecule has 0 spiro atoms. The van der Waals surface area contributed by atoms with Crippen molar-refractivity contribution in [1.29, 1.82) is 0 Å². The normalized spacial score (nSPS) is 12.3. The number of aliphatic hydroxyl groups is 1. The molecule has 0 fully saturated rings. The number of nitrogens with one attached hydrogen (secondary N) is 1. The van der Waals surface area contributed by atoms with E-state index in [0.717, 1.165) is 11.1 Å². The van der Waals surface area contributed by atoms with Gasteiger partial charge in [0.05, 0.1) is 12.5 Å². The molecule has 0 aliphatic rings. The van der Waals surface area contributed by atoms with Crippen LogP contribution < -0.4 is 10.1 Å². The van der Waals surface area contributed by atoms with Crippen molar-refractivity contribution < 1.29 is 14.3 Å². The second-order valence-electron chi connectivity index (χ2n) is 4.64. The van der Waals surface area contributed by atoms with Crippen LogP contribution in [0.25, 0.3) is 0 Å². The molecule has 0 aliphatic carbocycles. The van der Waals surface area contributed by atoms with Crippen LogP contribution in [0.5, 0.6) is 5.75 Å². The molecule has 1 atom stereocenters. The quantitative estimate of drug-likeness (QED) is 0.825. The van der Waals surface area contributed by atoms with Crippen LogP contribution in [0.2, 0.25) is 5.02 Å². The SMILES string of the molecule is Cc1cc(OCC(O)CNCc2ccoc2)ccc1Cl. The molecule has 20 heavy (non-hydrogen) atoms. The van der Waals surface area contributed by atoms with Gasteiger partial charge in [-0.25, -0.2) is 0 Å². The molecule has 1 aromatic carbocycles. The first-order valence-corrected chi connectivity index (χ1v) is 6.82. The number of aryl methyl sites for hydroxylation is 1. The number of hydrogen-bond donors (Lipinski definition) is 2. The zero-order valence-corrected chi connectivity index (χ0v) is 12.1. The Kier molecular flexibility index (Phi) is 5.47. The second kappa shape index (κ2) is 7.33. The Morgan fingerprint density at radius 2 is 2.25 bits per heavy atom. The van der Waals surface area contributed by atoms with Gasteiger partial charge in [0.15, 0.2) is 0 Å². The van der Waals surface area contributed by atoms with E-state index in [4.69, 9.17) is 20.8 Å². The highest BCUT2D eigenvalue weighted by Crippen LogP contribution is 2.21. The Hall–Kier alpha value is -1.49. The Morgan fingerprint density at radius 3 is 2.95 bits per heavy atom. The van der Waals surface area contributed by atoms with Crippen molar-refractivity contribution in [1.82, 2.24) is 5.32 Å². The molecule has 0 bridgehead atoms. The summed E-state index contributed by atoms with van der Waals surface area (Å²) in [5.74, 6) is 0.709. The molecule has 2 rings (SSSR count). The molecule has 0 amide bonds. The van der Waals surface area contributed by atoms with E-state index in [0.29, 0.717) is 23.9 Å². The van der Waals surface area contributed by atoms with E-state index in [1.165, 1.54) is 0 Å². The molecule has 4 nitrogen and oxygen atoms in total. The van der Waals surface area contributed by atoms with E-state index in [9.17, 15) is 5.11 Å². The van der Waals surface area contributed by atoms with E-state index < -0.39 is 6.10 Å². The van der Waals surface area contributed by atoms with Gasteiger partial charge in [-0.05, 0) is 36.8 Å². The molecule has 108 valence electrons. The van der Waals surface area contributed by atoms with E-state index in [-0.39, 0.29) is 6.61 Å². The number of hydrogen-bond acceptors (Lipinski definition) is 4. The van der Waals surface area contributed by atoms with Crippen LogP contribution >= 0.6 is 11.6 Å². The summed E-state index contributed by atoms with van der Waals surface area (Å²) in [6.07, 6.45) is 2.73. The number of benzene rings is 1. The van der Waals surface area contributed by atoms with Gasteiger partial charge < -0.3 is 19.6 Å². The minimum Gasteiger partial charge on any atom is -0.491 e. The molecule has 2 N–H and O–H groups in total. The average Bonchev–Trinajstić information content (AvgIpc) is 2.93. The molecule has 1 unspecified atom stereocenters. The maximum absolute atomic E-state index is 9.83. The number of rotatable bonds is 7. The first kappa shape index (κ1) is 14.9. The van der Waals surface area contributed by atoms with Gasteiger partial charge in [-0.15, -0.1) is 0 Å². The zero-order valence-electron chi connectivity index (χ0n) is 11.3. The van der Waals surface area contributed by atoms with Gasteiger partial charge in [0, 0.05) is 23.7 Å². The molecule has 0 saturated heterocycles. The van der Waals surface area contributed by atoms with Crippen molar-refractivity contribution in [2.24, 2.45) is 0 Å². The van der Waals surface area contributed by atoms with Gasteiger partial charge in [0.2, 0.25) is 0 Å². The van der Waals surface area contributed by atoms with Gasteiger partial charge in [-0.2, -0.15) is 0 Å². The van der Waals surface area contributed by atoms with Crippen molar-refractivity contribution in [3.05, 3.63) is 52.9 Å². The van der Waals surface area contributed by atoms with Gasteiger partial charge >= 0.3 is 0 Å². The lowest BCUT2D eigenvalue weighted by atomic mass is 10.2. The van der Waals surface area contributed by atoms with Crippen molar-refractivity contribution >= 4 is 11.6 Å². The fourth-order valence-electron chi connectivity index (χ4n) is 1.73. The zero-order chi connectivity index (χ0) is 14.4. The van der Waals surface area contributed by atoms with Crippen LogP contribution in [-0.2, 0) is 6.54 Å². The van der Waals surface area contributed by atoms with Crippen LogP contribution in [0.4, 0.5) is 0 Å². The monoisotopic (exact) mass is 295 g/mol. The number of halogens is 1. The van der Waals surface area contributed by atoms with Crippen LogP contribution in [0.15, 0.2) is 41.2 Å². The summed E-state index contributed by atoms with van der Waals surface area (Å²) in [5, 5.41) is 13.7. The van der Waals surface area contributed by atoms with Gasteiger partial charge in [0.25, 0.3) is 0 Å².